The van der Waals surface area contributed by atoms with Gasteiger partial charge in [0.1, 0.15) is 17.7 Å². The Labute approximate surface area is 165 Å². The molecule has 1 saturated heterocycles. The maximum atomic E-state index is 12.9. The number of hydrogen-bond donors (Lipinski definition) is 1. The summed E-state index contributed by atoms with van der Waals surface area (Å²) in [6.45, 7) is 6.02. The van der Waals surface area contributed by atoms with Gasteiger partial charge >= 0.3 is 12.1 Å². The van der Waals surface area contributed by atoms with E-state index in [0.717, 1.165) is 50.5 Å². The molecule has 6 nitrogen and oxygen atoms in total. The molecule has 0 unspecified atom stereocenters. The molecule has 0 bridgehead atoms. The summed E-state index contributed by atoms with van der Waals surface area (Å²) < 4.78 is 52.5. The molecule has 160 valence electrons. The van der Waals surface area contributed by atoms with E-state index in [-0.39, 0.29) is 11.9 Å². The number of rotatable bonds is 5. The Balaban J connectivity index is 0.000000370. The zero-order valence-corrected chi connectivity index (χ0v) is 15.9. The molecule has 2 heterocycles. The number of carboxylic acid groups (broad SMARTS) is 1. The Morgan fingerprint density at radius 1 is 1.17 bits per heavy atom. The molecule has 3 rings (SSSR count). The molecule has 1 N–H and O–H groups in total. The highest BCUT2D eigenvalue weighted by Crippen LogP contribution is 2.19. The van der Waals surface area contributed by atoms with Crippen LogP contribution >= 0.6 is 0 Å². The number of hydrogen-bond acceptors (Lipinski definition) is 4. The first-order valence-corrected chi connectivity index (χ1v) is 9.08. The molecule has 1 aromatic carbocycles. The predicted octanol–water partition coefficient (Wildman–Crippen LogP) is 3.51. The van der Waals surface area contributed by atoms with Gasteiger partial charge in [0.25, 0.3) is 0 Å². The van der Waals surface area contributed by atoms with E-state index in [0.29, 0.717) is 0 Å². The van der Waals surface area contributed by atoms with Crippen LogP contribution in [0.3, 0.4) is 0 Å². The van der Waals surface area contributed by atoms with Crippen molar-refractivity contribution in [3.63, 3.8) is 0 Å². The van der Waals surface area contributed by atoms with E-state index in [1.807, 2.05) is 23.9 Å². The van der Waals surface area contributed by atoms with Crippen molar-refractivity contribution in [3.8, 4) is 5.75 Å². The fraction of sp³-hybridized carbons (Fsp3) is 0.474. The first kappa shape index (κ1) is 22.7. The topological polar surface area (TPSA) is 67.6 Å². The molecule has 0 radical (unpaired) electrons. The second-order valence-electron chi connectivity index (χ2n) is 6.64. The second-order valence-corrected chi connectivity index (χ2v) is 6.64. The summed E-state index contributed by atoms with van der Waals surface area (Å²) in [4.78, 5) is 11.3. The van der Waals surface area contributed by atoms with E-state index in [1.54, 1.807) is 12.1 Å². The van der Waals surface area contributed by atoms with Crippen molar-refractivity contribution < 1.29 is 32.2 Å². The highest BCUT2D eigenvalue weighted by Gasteiger charge is 2.38. The number of aryl methyl sites for hydroxylation is 1. The van der Waals surface area contributed by atoms with Crippen molar-refractivity contribution >= 4 is 5.97 Å². The van der Waals surface area contributed by atoms with Gasteiger partial charge in [-0.05, 0) is 50.1 Å². The third-order valence-electron chi connectivity index (χ3n) is 4.31. The number of nitrogens with zero attached hydrogens (tertiary/aromatic N) is 3. The van der Waals surface area contributed by atoms with E-state index < -0.39 is 12.1 Å². The highest BCUT2D eigenvalue weighted by molar-refractivity contribution is 5.73. The number of benzene rings is 1. The fourth-order valence-corrected chi connectivity index (χ4v) is 2.79. The van der Waals surface area contributed by atoms with Crippen LogP contribution in [0.15, 0.2) is 36.5 Å². The number of carboxylic acids is 1. The minimum atomic E-state index is -5.08. The van der Waals surface area contributed by atoms with E-state index in [4.69, 9.17) is 14.6 Å². The van der Waals surface area contributed by atoms with Crippen LogP contribution in [0.4, 0.5) is 17.6 Å². The van der Waals surface area contributed by atoms with Gasteiger partial charge in [-0.1, -0.05) is 0 Å². The first-order chi connectivity index (χ1) is 13.6. The van der Waals surface area contributed by atoms with E-state index in [1.165, 1.54) is 12.1 Å². The summed E-state index contributed by atoms with van der Waals surface area (Å²) in [6, 6.07) is 8.30. The highest BCUT2D eigenvalue weighted by atomic mass is 19.4. The van der Waals surface area contributed by atoms with Gasteiger partial charge in [0.15, 0.2) is 0 Å². The zero-order chi connectivity index (χ0) is 21.4. The van der Waals surface area contributed by atoms with Gasteiger partial charge in [-0.15, -0.1) is 0 Å². The lowest BCUT2D eigenvalue weighted by atomic mass is 10.1. The quantitative estimate of drug-likeness (QED) is 0.755. The Kier molecular flexibility index (Phi) is 8.00. The normalized spacial score (nSPS) is 15.5. The number of halogens is 4. The number of carbonyl (C=O) groups is 1. The van der Waals surface area contributed by atoms with Crippen LogP contribution < -0.4 is 4.74 Å². The Hall–Kier alpha value is -2.62. The van der Waals surface area contributed by atoms with Gasteiger partial charge in [-0.3, -0.25) is 4.68 Å². The van der Waals surface area contributed by atoms with E-state index >= 15 is 0 Å². The maximum absolute atomic E-state index is 12.9. The van der Waals surface area contributed by atoms with Crippen LogP contribution in [0.5, 0.6) is 5.75 Å². The van der Waals surface area contributed by atoms with Crippen molar-refractivity contribution in [1.29, 1.82) is 0 Å². The number of aromatic nitrogens is 2. The molecule has 0 amide bonds. The molecular weight excluding hydrogens is 394 g/mol. The van der Waals surface area contributed by atoms with Gasteiger partial charge in [-0.25, -0.2) is 9.18 Å². The molecule has 1 aliphatic rings. The lowest BCUT2D eigenvalue weighted by Gasteiger charge is -2.32. The van der Waals surface area contributed by atoms with E-state index in [9.17, 15) is 17.6 Å². The lowest BCUT2D eigenvalue weighted by molar-refractivity contribution is -0.192. The molecule has 0 atom stereocenters. The SMILES string of the molecule is Cc1ccn(CCN2CCC(Oc3ccc(F)cc3)CC2)n1.O=C(O)C(F)(F)F. The van der Waals surface area contributed by atoms with Gasteiger partial charge < -0.3 is 14.7 Å². The first-order valence-electron chi connectivity index (χ1n) is 9.08. The smallest absolute Gasteiger partial charge is 0.490 e. The number of likely N-dealkylation sites (tertiary alicyclic amines) is 1. The third-order valence-corrected chi connectivity index (χ3v) is 4.31. The van der Waals surface area contributed by atoms with Crippen LogP contribution in [0.2, 0.25) is 0 Å². The largest absolute Gasteiger partial charge is 0.490 e. The van der Waals surface area contributed by atoms with Crippen molar-refractivity contribution in [1.82, 2.24) is 14.7 Å². The van der Waals surface area contributed by atoms with Crippen molar-refractivity contribution in [2.24, 2.45) is 0 Å². The average molecular weight is 417 g/mol. The van der Waals surface area contributed by atoms with Crippen LogP contribution in [0.1, 0.15) is 18.5 Å². The average Bonchev–Trinajstić information content (AvgIpc) is 3.08. The minimum Gasteiger partial charge on any atom is -0.490 e. The van der Waals surface area contributed by atoms with Crippen LogP contribution in [-0.4, -0.2) is 57.7 Å². The Morgan fingerprint density at radius 3 is 2.24 bits per heavy atom. The van der Waals surface area contributed by atoms with Gasteiger partial charge in [-0.2, -0.15) is 18.3 Å². The summed E-state index contributed by atoms with van der Waals surface area (Å²) in [6.07, 6.45) is -0.807. The summed E-state index contributed by atoms with van der Waals surface area (Å²) in [5.41, 5.74) is 1.06. The molecule has 1 aliphatic heterocycles. The molecule has 2 aromatic rings. The molecule has 0 saturated carbocycles. The van der Waals surface area contributed by atoms with Crippen molar-refractivity contribution in [2.45, 2.75) is 38.6 Å². The van der Waals surface area contributed by atoms with Gasteiger partial charge in [0.2, 0.25) is 0 Å². The minimum absolute atomic E-state index is 0.226. The summed E-state index contributed by atoms with van der Waals surface area (Å²) >= 11 is 0. The van der Waals surface area contributed by atoms with Crippen molar-refractivity contribution in [2.75, 3.05) is 19.6 Å². The Bertz CT molecular complexity index is 770. The van der Waals surface area contributed by atoms with Crippen molar-refractivity contribution in [3.05, 3.63) is 48.0 Å². The van der Waals surface area contributed by atoms with Crippen LogP contribution in [0.25, 0.3) is 0 Å². The summed E-state index contributed by atoms with van der Waals surface area (Å²) in [5.74, 6) is -2.23. The molecular formula is C19H23F4N3O3. The molecule has 0 aliphatic carbocycles. The Morgan fingerprint density at radius 2 is 1.76 bits per heavy atom. The molecule has 10 heteroatoms. The molecule has 0 spiro atoms. The number of piperidine rings is 1. The summed E-state index contributed by atoms with van der Waals surface area (Å²) in [5, 5.41) is 11.5. The maximum Gasteiger partial charge on any atom is 0.490 e. The van der Waals surface area contributed by atoms with Gasteiger partial charge in [0.05, 0.1) is 12.2 Å². The third kappa shape index (κ3) is 8.10. The second kappa shape index (κ2) is 10.2. The van der Waals surface area contributed by atoms with Crippen LogP contribution in [-0.2, 0) is 11.3 Å². The van der Waals surface area contributed by atoms with Gasteiger partial charge in [0, 0.05) is 25.8 Å². The standard InChI is InChI=1S/C17H22FN3O.C2HF3O2/c1-14-6-11-21(19-14)13-12-20-9-7-17(8-10-20)22-16-4-2-15(18)3-5-16;3-2(4,5)1(6)7/h2-6,11,17H,7-10,12-13H2,1H3;(H,6,7). The number of aliphatic carboxylic acids is 1. The zero-order valence-electron chi connectivity index (χ0n) is 15.9. The number of alkyl halides is 3. The van der Waals surface area contributed by atoms with E-state index in [2.05, 4.69) is 10.00 Å². The summed E-state index contributed by atoms with van der Waals surface area (Å²) in [7, 11) is 0. The molecule has 29 heavy (non-hydrogen) atoms. The lowest BCUT2D eigenvalue weighted by Crippen LogP contribution is -2.39. The monoisotopic (exact) mass is 417 g/mol. The molecule has 1 aromatic heterocycles. The van der Waals surface area contributed by atoms with Crippen LogP contribution in [0, 0.1) is 12.7 Å². The molecule has 1 fully saturated rings. The number of ether oxygens (including phenoxy) is 1. The fourth-order valence-electron chi connectivity index (χ4n) is 2.79. The predicted molar refractivity (Wildman–Crippen MR) is 97.1 cm³/mol.